The maximum atomic E-state index is 8.18. The number of nitriles is 1. The van der Waals surface area contributed by atoms with Gasteiger partial charge in [0, 0.05) is 0 Å². The van der Waals surface area contributed by atoms with E-state index in [1.807, 2.05) is 13.0 Å². The molecule has 0 aromatic heterocycles. The molecule has 0 fully saturated rings. The fourth-order valence-electron chi connectivity index (χ4n) is 0.305. The minimum absolute atomic E-state index is 0.00463. The molecule has 0 N–H and O–H groups in total. The van der Waals surface area contributed by atoms with Crippen LogP contribution in [-0.4, -0.2) is 6.17 Å². The molecule has 0 bridgehead atoms. The van der Waals surface area contributed by atoms with Gasteiger partial charge in [0.1, 0.15) is 0 Å². The van der Waals surface area contributed by atoms with Gasteiger partial charge in [-0.25, -0.2) is 0 Å². The average molecular weight is 95.1 g/mol. The van der Waals surface area contributed by atoms with Crippen molar-refractivity contribution in [1.29, 1.82) is 5.26 Å². The summed E-state index contributed by atoms with van der Waals surface area (Å²) in [6.45, 7) is 1.81. The van der Waals surface area contributed by atoms with Crippen LogP contribution >= 0.6 is 0 Å². The Hall–Kier alpha value is -0.910. The molecule has 7 heavy (non-hydrogen) atoms. The highest BCUT2D eigenvalue weighted by atomic mass is 15.4. The summed E-state index contributed by atoms with van der Waals surface area (Å²) < 4.78 is 0. The topological polar surface area (TPSA) is 48.5 Å². The number of hydrogen-bond donors (Lipinski definition) is 0. The highest BCUT2D eigenvalue weighted by molar-refractivity contribution is 4.91. The lowest BCUT2D eigenvalue weighted by atomic mass is 10.2. The third kappa shape index (κ3) is 0.743. The molecule has 36 valence electrons. The predicted octanol–water partition coefficient (Wildman–Crippen LogP) is 0.938. The Kier molecular flexibility index (Phi) is 0.791. The molecule has 1 heterocycles. The molecule has 0 saturated heterocycles. The van der Waals surface area contributed by atoms with Crippen molar-refractivity contribution in [2.45, 2.75) is 13.1 Å². The van der Waals surface area contributed by atoms with E-state index in [2.05, 4.69) is 10.2 Å². The van der Waals surface area contributed by atoms with Crippen molar-refractivity contribution >= 4 is 0 Å². The van der Waals surface area contributed by atoms with Crippen LogP contribution in [0, 0.1) is 17.2 Å². The van der Waals surface area contributed by atoms with Gasteiger partial charge in [-0.3, -0.25) is 0 Å². The largest absolute Gasteiger partial charge is 0.198 e. The Labute approximate surface area is 41.7 Å². The zero-order valence-corrected chi connectivity index (χ0v) is 4.00. The van der Waals surface area contributed by atoms with Crippen molar-refractivity contribution in [1.82, 2.24) is 0 Å². The van der Waals surface area contributed by atoms with E-state index in [-0.39, 0.29) is 12.1 Å². The minimum atomic E-state index is -0.0139. The quantitative estimate of drug-likeness (QED) is 0.478. The molecule has 0 radical (unpaired) electrons. The maximum Gasteiger partial charge on any atom is 0.196 e. The van der Waals surface area contributed by atoms with Crippen LogP contribution in [0.25, 0.3) is 0 Å². The van der Waals surface area contributed by atoms with Crippen LogP contribution in [0.5, 0.6) is 0 Å². The summed E-state index contributed by atoms with van der Waals surface area (Å²) in [6, 6.07) is 2.04. The summed E-state index contributed by atoms with van der Waals surface area (Å²) >= 11 is 0. The monoisotopic (exact) mass is 95.0 g/mol. The first-order chi connectivity index (χ1) is 3.34. The van der Waals surface area contributed by atoms with E-state index in [4.69, 9.17) is 5.26 Å². The molecule has 3 heteroatoms. The van der Waals surface area contributed by atoms with E-state index in [1.165, 1.54) is 0 Å². The highest BCUT2D eigenvalue weighted by Gasteiger charge is 2.23. The molecule has 0 spiro atoms. The third-order valence-electron chi connectivity index (χ3n) is 0.900. The number of nitrogens with zero attached hydrogens (tertiary/aromatic N) is 3. The molecular formula is C4H5N3. The molecule has 3 nitrogen and oxygen atoms in total. The zero-order chi connectivity index (χ0) is 5.28. The van der Waals surface area contributed by atoms with Crippen molar-refractivity contribution in [3.63, 3.8) is 0 Å². The summed E-state index contributed by atoms with van der Waals surface area (Å²) in [5.74, 6) is -0.0139. The molecule has 1 aliphatic heterocycles. The number of rotatable bonds is 1. The Morgan fingerprint density at radius 1 is 1.71 bits per heavy atom. The van der Waals surface area contributed by atoms with E-state index < -0.39 is 0 Å². The first kappa shape index (κ1) is 4.25. The molecule has 1 atom stereocenters. The van der Waals surface area contributed by atoms with Crippen LogP contribution in [0.4, 0.5) is 0 Å². The standard InChI is InChI=1S/C4H5N3/c1-3(2-5)4-6-7-4/h3-4H,1H3. The van der Waals surface area contributed by atoms with Gasteiger partial charge in [-0.05, 0) is 6.92 Å². The first-order valence-electron chi connectivity index (χ1n) is 2.14. The Morgan fingerprint density at radius 2 is 2.29 bits per heavy atom. The number of hydrogen-bond acceptors (Lipinski definition) is 3. The van der Waals surface area contributed by atoms with Crippen LogP contribution in [0.15, 0.2) is 10.2 Å². The molecule has 0 amide bonds. The molecule has 0 aliphatic carbocycles. The lowest BCUT2D eigenvalue weighted by molar-refractivity contribution is 0.702. The van der Waals surface area contributed by atoms with Crippen molar-refractivity contribution < 1.29 is 0 Å². The van der Waals surface area contributed by atoms with Crippen LogP contribution in [0.1, 0.15) is 6.92 Å². The summed E-state index contributed by atoms with van der Waals surface area (Å²) in [5, 5.41) is 15.3. The van der Waals surface area contributed by atoms with Gasteiger partial charge in [0.15, 0.2) is 6.17 Å². The van der Waals surface area contributed by atoms with Gasteiger partial charge in [0.25, 0.3) is 0 Å². The lowest BCUT2D eigenvalue weighted by Gasteiger charge is -1.86. The second kappa shape index (κ2) is 1.30. The first-order valence-corrected chi connectivity index (χ1v) is 2.14. The van der Waals surface area contributed by atoms with Gasteiger partial charge in [0.05, 0.1) is 12.0 Å². The Morgan fingerprint density at radius 3 is 2.43 bits per heavy atom. The van der Waals surface area contributed by atoms with E-state index in [0.29, 0.717) is 0 Å². The van der Waals surface area contributed by atoms with Gasteiger partial charge in [-0.15, -0.1) is 0 Å². The second-order valence-corrected chi connectivity index (χ2v) is 1.56. The fraction of sp³-hybridized carbons (Fsp3) is 0.750. The Balaban J connectivity index is 2.29. The molecule has 0 saturated carbocycles. The van der Waals surface area contributed by atoms with Crippen molar-refractivity contribution in [3.8, 4) is 6.07 Å². The van der Waals surface area contributed by atoms with E-state index in [1.54, 1.807) is 0 Å². The zero-order valence-electron chi connectivity index (χ0n) is 4.00. The van der Waals surface area contributed by atoms with Gasteiger partial charge < -0.3 is 0 Å². The second-order valence-electron chi connectivity index (χ2n) is 1.56. The van der Waals surface area contributed by atoms with E-state index >= 15 is 0 Å². The van der Waals surface area contributed by atoms with Crippen LogP contribution in [-0.2, 0) is 0 Å². The molecule has 1 unspecified atom stereocenters. The van der Waals surface area contributed by atoms with Gasteiger partial charge in [-0.2, -0.15) is 15.5 Å². The summed E-state index contributed by atoms with van der Waals surface area (Å²) in [7, 11) is 0. The van der Waals surface area contributed by atoms with Crippen molar-refractivity contribution in [2.24, 2.45) is 16.1 Å². The third-order valence-corrected chi connectivity index (χ3v) is 0.900. The minimum Gasteiger partial charge on any atom is -0.198 e. The predicted molar refractivity (Wildman–Crippen MR) is 23.4 cm³/mol. The molecule has 1 rings (SSSR count). The SMILES string of the molecule is CC(C#N)C1N=N1. The van der Waals surface area contributed by atoms with Gasteiger partial charge >= 0.3 is 0 Å². The summed E-state index contributed by atoms with van der Waals surface area (Å²) in [5.41, 5.74) is 0. The normalized spacial score (nSPS) is 21.1. The Bertz CT molecular complexity index is 126. The summed E-state index contributed by atoms with van der Waals surface area (Å²) in [4.78, 5) is 0. The molecule has 0 aromatic rings. The van der Waals surface area contributed by atoms with Crippen LogP contribution < -0.4 is 0 Å². The van der Waals surface area contributed by atoms with Crippen molar-refractivity contribution in [2.75, 3.05) is 0 Å². The van der Waals surface area contributed by atoms with Gasteiger partial charge in [-0.1, -0.05) is 0 Å². The van der Waals surface area contributed by atoms with E-state index in [0.717, 1.165) is 0 Å². The molecule has 1 aliphatic rings. The fourth-order valence-corrected chi connectivity index (χ4v) is 0.305. The van der Waals surface area contributed by atoms with E-state index in [9.17, 15) is 0 Å². The van der Waals surface area contributed by atoms with Crippen LogP contribution in [0.3, 0.4) is 0 Å². The molecular weight excluding hydrogens is 90.1 g/mol. The van der Waals surface area contributed by atoms with Crippen molar-refractivity contribution in [3.05, 3.63) is 0 Å². The average Bonchev–Trinajstić information content (AvgIpc) is 2.44. The smallest absolute Gasteiger partial charge is 0.196 e. The van der Waals surface area contributed by atoms with Gasteiger partial charge in [0.2, 0.25) is 0 Å². The van der Waals surface area contributed by atoms with Crippen LogP contribution in [0.2, 0.25) is 0 Å². The lowest BCUT2D eigenvalue weighted by Crippen LogP contribution is -1.97. The molecule has 0 aromatic carbocycles. The highest BCUT2D eigenvalue weighted by Crippen LogP contribution is 2.18. The summed E-state index contributed by atoms with van der Waals surface area (Å²) in [6.07, 6.45) is 0.00463. The maximum absolute atomic E-state index is 8.18.